The second-order valence-electron chi connectivity index (χ2n) is 3.64. The van der Waals surface area contributed by atoms with Crippen molar-refractivity contribution in [3.8, 4) is 0 Å². The van der Waals surface area contributed by atoms with Crippen LogP contribution in [0.5, 0.6) is 0 Å². The number of imidazole rings is 1. The van der Waals surface area contributed by atoms with Crippen molar-refractivity contribution in [2.24, 2.45) is 5.11 Å². The first kappa shape index (κ1) is 13.2. The number of rotatable bonds is 5. The van der Waals surface area contributed by atoms with Crippen LogP contribution in [0.15, 0.2) is 11.3 Å². The number of azide groups is 1. The standard InChI is InChI=1S/C7H9ClN6O3/c1-7(15,3-10-12-9)4-13-2-5(14(16)17)11-6(13)8/h2,15H,3-4H2,1H3/t7-/m0/s1. The van der Waals surface area contributed by atoms with E-state index in [-0.39, 0.29) is 18.4 Å². The molecular formula is C7H9ClN6O3. The van der Waals surface area contributed by atoms with Gasteiger partial charge in [0.15, 0.2) is 0 Å². The number of nitrogens with zero attached hydrogens (tertiary/aromatic N) is 6. The highest BCUT2D eigenvalue weighted by Gasteiger charge is 2.25. The Kier molecular flexibility index (Phi) is 3.89. The van der Waals surface area contributed by atoms with Gasteiger partial charge in [-0.05, 0) is 34.0 Å². The van der Waals surface area contributed by atoms with Crippen LogP contribution in [-0.2, 0) is 6.54 Å². The number of nitro groups is 1. The Balaban J connectivity index is 2.87. The molecule has 1 aromatic heterocycles. The lowest BCUT2D eigenvalue weighted by Gasteiger charge is -2.20. The number of aromatic nitrogens is 2. The zero-order chi connectivity index (χ0) is 13.1. The van der Waals surface area contributed by atoms with E-state index in [1.807, 2.05) is 0 Å². The van der Waals surface area contributed by atoms with Gasteiger partial charge in [-0.2, -0.15) is 0 Å². The molecule has 0 unspecified atom stereocenters. The van der Waals surface area contributed by atoms with Crippen molar-refractivity contribution in [2.75, 3.05) is 6.54 Å². The maximum atomic E-state index is 10.4. The summed E-state index contributed by atoms with van der Waals surface area (Å²) in [6.45, 7) is 1.18. The van der Waals surface area contributed by atoms with E-state index in [2.05, 4.69) is 15.0 Å². The third-order valence-electron chi connectivity index (χ3n) is 1.89. The summed E-state index contributed by atoms with van der Waals surface area (Å²) >= 11 is 5.66. The molecule has 1 heterocycles. The zero-order valence-electron chi connectivity index (χ0n) is 8.82. The fourth-order valence-electron chi connectivity index (χ4n) is 1.18. The first-order valence-electron chi connectivity index (χ1n) is 4.46. The molecule has 1 N–H and O–H groups in total. The Morgan fingerprint density at radius 1 is 1.88 bits per heavy atom. The molecular weight excluding hydrogens is 252 g/mol. The summed E-state index contributed by atoms with van der Waals surface area (Å²) in [6.07, 6.45) is 1.10. The normalized spacial score (nSPS) is 13.8. The summed E-state index contributed by atoms with van der Waals surface area (Å²) in [4.78, 5) is 15.8. The first-order chi connectivity index (χ1) is 7.85. The first-order valence-corrected chi connectivity index (χ1v) is 4.84. The van der Waals surface area contributed by atoms with Crippen molar-refractivity contribution < 1.29 is 10.0 Å². The second-order valence-corrected chi connectivity index (χ2v) is 3.98. The second kappa shape index (κ2) is 5.00. The predicted octanol–water partition coefficient (Wildman–Crippen LogP) is 1.51. The van der Waals surface area contributed by atoms with Crippen LogP contribution in [0.25, 0.3) is 10.4 Å². The lowest BCUT2D eigenvalue weighted by Crippen LogP contribution is -2.33. The molecule has 92 valence electrons. The third kappa shape index (κ3) is 3.59. The van der Waals surface area contributed by atoms with Crippen LogP contribution in [0.2, 0.25) is 5.28 Å². The molecule has 0 amide bonds. The monoisotopic (exact) mass is 260 g/mol. The van der Waals surface area contributed by atoms with Gasteiger partial charge in [0.05, 0.1) is 18.7 Å². The molecule has 17 heavy (non-hydrogen) atoms. The summed E-state index contributed by atoms with van der Waals surface area (Å²) in [5.41, 5.74) is 6.78. The number of halogens is 1. The highest BCUT2D eigenvalue weighted by atomic mass is 35.5. The number of hydrogen-bond donors (Lipinski definition) is 1. The van der Waals surface area contributed by atoms with E-state index in [1.165, 1.54) is 11.5 Å². The molecule has 0 bridgehead atoms. The van der Waals surface area contributed by atoms with Gasteiger partial charge in [-0.3, -0.25) is 4.57 Å². The van der Waals surface area contributed by atoms with E-state index in [0.717, 1.165) is 6.20 Å². The van der Waals surface area contributed by atoms with Crippen LogP contribution in [0, 0.1) is 10.1 Å². The van der Waals surface area contributed by atoms with Crippen LogP contribution >= 0.6 is 11.6 Å². The van der Waals surface area contributed by atoms with Gasteiger partial charge in [-0.1, -0.05) is 5.11 Å². The Morgan fingerprint density at radius 2 is 2.53 bits per heavy atom. The summed E-state index contributed by atoms with van der Waals surface area (Å²) in [5.74, 6) is -0.408. The largest absolute Gasteiger partial charge is 0.388 e. The molecule has 0 radical (unpaired) electrons. The van der Waals surface area contributed by atoms with Crippen molar-refractivity contribution >= 4 is 17.4 Å². The smallest absolute Gasteiger partial charge is 0.383 e. The van der Waals surface area contributed by atoms with Crippen LogP contribution in [0.3, 0.4) is 0 Å². The fourth-order valence-corrected chi connectivity index (χ4v) is 1.38. The molecule has 0 aliphatic carbocycles. The van der Waals surface area contributed by atoms with Crippen LogP contribution in [0.1, 0.15) is 6.92 Å². The van der Waals surface area contributed by atoms with Crippen LogP contribution in [-0.4, -0.2) is 31.7 Å². The third-order valence-corrected chi connectivity index (χ3v) is 2.19. The molecule has 1 atom stereocenters. The summed E-state index contributed by atoms with van der Waals surface area (Å²) in [5, 5.41) is 23.4. The molecule has 0 aliphatic rings. The van der Waals surface area contributed by atoms with E-state index in [4.69, 9.17) is 17.1 Å². The van der Waals surface area contributed by atoms with Gasteiger partial charge in [-0.25, -0.2) is 0 Å². The maximum absolute atomic E-state index is 10.4. The summed E-state index contributed by atoms with van der Waals surface area (Å²) in [7, 11) is 0. The Bertz CT molecular complexity index is 478. The van der Waals surface area contributed by atoms with Crippen molar-refractivity contribution in [3.05, 3.63) is 32.0 Å². The fraction of sp³-hybridized carbons (Fsp3) is 0.571. The molecule has 0 aromatic carbocycles. The lowest BCUT2D eigenvalue weighted by atomic mass is 10.1. The maximum Gasteiger partial charge on any atom is 0.383 e. The summed E-state index contributed by atoms with van der Waals surface area (Å²) < 4.78 is 1.21. The van der Waals surface area contributed by atoms with Crippen molar-refractivity contribution in [3.63, 3.8) is 0 Å². The molecule has 10 heteroatoms. The van der Waals surface area contributed by atoms with Gasteiger partial charge in [0.2, 0.25) is 0 Å². The molecule has 1 aromatic rings. The van der Waals surface area contributed by atoms with E-state index in [1.54, 1.807) is 0 Å². The van der Waals surface area contributed by atoms with Gasteiger partial charge in [0, 0.05) is 4.91 Å². The van der Waals surface area contributed by atoms with Gasteiger partial charge in [-0.15, -0.1) is 0 Å². The van der Waals surface area contributed by atoms with Crippen molar-refractivity contribution in [1.82, 2.24) is 9.55 Å². The lowest BCUT2D eigenvalue weighted by molar-refractivity contribution is -0.389. The van der Waals surface area contributed by atoms with Crippen molar-refractivity contribution in [1.29, 1.82) is 0 Å². The van der Waals surface area contributed by atoms with E-state index in [9.17, 15) is 15.2 Å². The molecule has 0 spiro atoms. The Hall–Kier alpha value is -1.83. The highest BCUT2D eigenvalue weighted by Crippen LogP contribution is 2.18. The quantitative estimate of drug-likeness (QED) is 0.282. The van der Waals surface area contributed by atoms with Crippen LogP contribution in [0.4, 0.5) is 5.82 Å². The summed E-state index contributed by atoms with van der Waals surface area (Å²) in [6, 6.07) is 0. The topological polar surface area (TPSA) is 130 Å². The highest BCUT2D eigenvalue weighted by molar-refractivity contribution is 6.28. The SMILES string of the molecule is C[C@](O)(CN=[N+]=[N-])Cn1cc([N+](=O)[O-])nc1Cl. The molecule has 0 aliphatic heterocycles. The minimum atomic E-state index is -1.36. The van der Waals surface area contributed by atoms with Gasteiger partial charge < -0.3 is 15.2 Å². The predicted molar refractivity (Wildman–Crippen MR) is 58.5 cm³/mol. The van der Waals surface area contributed by atoms with E-state index in [0.29, 0.717) is 0 Å². The Labute approximate surface area is 100 Å². The van der Waals surface area contributed by atoms with E-state index >= 15 is 0 Å². The van der Waals surface area contributed by atoms with Crippen molar-refractivity contribution in [2.45, 2.75) is 19.1 Å². The number of aliphatic hydroxyl groups is 1. The molecule has 9 nitrogen and oxygen atoms in total. The molecule has 1 rings (SSSR count). The number of hydrogen-bond acceptors (Lipinski definition) is 5. The zero-order valence-corrected chi connectivity index (χ0v) is 9.57. The average Bonchev–Trinajstić information content (AvgIpc) is 2.57. The van der Waals surface area contributed by atoms with Gasteiger partial charge in [0.1, 0.15) is 6.20 Å². The molecule has 0 saturated carbocycles. The Morgan fingerprint density at radius 3 is 3.00 bits per heavy atom. The van der Waals surface area contributed by atoms with Gasteiger partial charge in [0.25, 0.3) is 0 Å². The minimum absolute atomic E-state index is 0.0638. The minimum Gasteiger partial charge on any atom is -0.388 e. The van der Waals surface area contributed by atoms with E-state index < -0.39 is 16.3 Å². The molecule has 0 fully saturated rings. The average molecular weight is 261 g/mol. The van der Waals surface area contributed by atoms with Crippen LogP contribution < -0.4 is 0 Å². The van der Waals surface area contributed by atoms with Gasteiger partial charge >= 0.3 is 11.1 Å². The molecule has 0 saturated heterocycles.